The van der Waals surface area contributed by atoms with Crippen molar-refractivity contribution in [1.29, 1.82) is 0 Å². The highest BCUT2D eigenvalue weighted by molar-refractivity contribution is 7.13. The third kappa shape index (κ3) is 5.46. The SMILES string of the molecule is Cc1cc(C(C(=O)N2CC(O)CC2C(=O)NCc2ccc(-c3scnc3C)cc2)C(C)(C)C)on1. The molecular formula is C26H32N4O4S. The average molecular weight is 497 g/mol. The molecule has 2 amide bonds. The van der Waals surface area contributed by atoms with E-state index >= 15 is 0 Å². The maximum absolute atomic E-state index is 13.7. The minimum absolute atomic E-state index is 0.111. The van der Waals surface area contributed by atoms with Gasteiger partial charge in [-0.1, -0.05) is 50.2 Å². The number of aryl methyl sites for hydroxylation is 2. The lowest BCUT2D eigenvalue weighted by atomic mass is 9.78. The standard InChI is InChI=1S/C26H32N4O4S/c1-15-10-21(34-29-15)22(26(3,4)5)25(33)30-13-19(31)11-20(30)24(32)27-12-17-6-8-18(9-7-17)23-16(2)28-14-35-23/h6-10,14,19-20,22,31H,11-13H2,1-5H3,(H,27,32). The molecule has 1 saturated heterocycles. The van der Waals surface area contributed by atoms with Gasteiger partial charge in [0.2, 0.25) is 11.8 Å². The van der Waals surface area contributed by atoms with Gasteiger partial charge in [-0.15, -0.1) is 11.3 Å². The Bertz CT molecular complexity index is 1190. The summed E-state index contributed by atoms with van der Waals surface area (Å²) in [4.78, 5) is 33.7. The molecule has 3 atom stereocenters. The van der Waals surface area contributed by atoms with Crippen molar-refractivity contribution < 1.29 is 19.2 Å². The van der Waals surface area contributed by atoms with E-state index in [1.165, 1.54) is 4.90 Å². The number of hydrogen-bond donors (Lipinski definition) is 2. The molecule has 0 aliphatic carbocycles. The van der Waals surface area contributed by atoms with Crippen molar-refractivity contribution in [3.63, 3.8) is 0 Å². The van der Waals surface area contributed by atoms with Gasteiger partial charge in [0.05, 0.1) is 27.9 Å². The predicted octanol–water partition coefficient (Wildman–Crippen LogP) is 3.82. The van der Waals surface area contributed by atoms with Gasteiger partial charge in [0.25, 0.3) is 0 Å². The highest BCUT2D eigenvalue weighted by Gasteiger charge is 2.45. The maximum Gasteiger partial charge on any atom is 0.243 e. The van der Waals surface area contributed by atoms with E-state index in [1.54, 1.807) is 24.3 Å². The lowest BCUT2D eigenvalue weighted by Gasteiger charge is -2.33. The second-order valence-electron chi connectivity index (χ2n) is 10.2. The topological polar surface area (TPSA) is 109 Å². The smallest absolute Gasteiger partial charge is 0.243 e. The van der Waals surface area contributed by atoms with Crippen molar-refractivity contribution in [1.82, 2.24) is 20.4 Å². The number of nitrogens with zero attached hydrogens (tertiary/aromatic N) is 3. The molecule has 0 radical (unpaired) electrons. The van der Waals surface area contributed by atoms with Crippen LogP contribution >= 0.6 is 11.3 Å². The Kier molecular flexibility index (Phi) is 7.10. The molecule has 186 valence electrons. The summed E-state index contributed by atoms with van der Waals surface area (Å²) in [6.07, 6.45) is -0.554. The fourth-order valence-electron chi connectivity index (χ4n) is 4.57. The third-order valence-corrected chi connectivity index (χ3v) is 7.31. The van der Waals surface area contributed by atoms with Gasteiger partial charge in [-0.05, 0) is 30.4 Å². The van der Waals surface area contributed by atoms with E-state index in [-0.39, 0.29) is 24.8 Å². The normalized spacial score (nSPS) is 19.1. The molecule has 0 spiro atoms. The first-order chi connectivity index (χ1) is 16.5. The van der Waals surface area contributed by atoms with Crippen molar-refractivity contribution in [3.8, 4) is 10.4 Å². The van der Waals surface area contributed by atoms with Crippen LogP contribution in [0.2, 0.25) is 0 Å². The first kappa shape index (κ1) is 25.1. The number of hydrogen-bond acceptors (Lipinski definition) is 7. The Morgan fingerprint density at radius 1 is 1.26 bits per heavy atom. The number of aromatic nitrogens is 2. The van der Waals surface area contributed by atoms with Crippen LogP contribution < -0.4 is 5.32 Å². The summed E-state index contributed by atoms with van der Waals surface area (Å²) in [6, 6.07) is 9.00. The minimum atomic E-state index is -0.756. The second kappa shape index (κ2) is 9.91. The number of carbonyl (C=O) groups is 2. The number of nitrogens with one attached hydrogen (secondary N) is 1. The molecule has 1 aliphatic rings. The number of carbonyl (C=O) groups excluding carboxylic acids is 2. The maximum atomic E-state index is 13.7. The van der Waals surface area contributed by atoms with Crippen molar-refractivity contribution in [2.75, 3.05) is 6.54 Å². The largest absolute Gasteiger partial charge is 0.391 e. The van der Waals surface area contributed by atoms with E-state index in [1.807, 2.05) is 57.5 Å². The van der Waals surface area contributed by atoms with Gasteiger partial charge in [-0.25, -0.2) is 4.98 Å². The number of benzene rings is 1. The summed E-state index contributed by atoms with van der Waals surface area (Å²) in [5.41, 5.74) is 5.09. The zero-order valence-electron chi connectivity index (χ0n) is 20.7. The fourth-order valence-corrected chi connectivity index (χ4v) is 5.38. The molecule has 9 heteroatoms. The number of thiazole rings is 1. The first-order valence-corrected chi connectivity index (χ1v) is 12.6. The van der Waals surface area contributed by atoms with Gasteiger partial charge in [0, 0.05) is 25.6 Å². The highest BCUT2D eigenvalue weighted by atomic mass is 32.1. The summed E-state index contributed by atoms with van der Waals surface area (Å²) in [7, 11) is 0. The van der Waals surface area contributed by atoms with Crippen LogP contribution in [0, 0.1) is 19.3 Å². The third-order valence-electron chi connectivity index (χ3n) is 6.34. The number of likely N-dealkylation sites (tertiary alicyclic amines) is 1. The van der Waals surface area contributed by atoms with Gasteiger partial charge in [0.1, 0.15) is 17.7 Å². The molecule has 4 rings (SSSR count). The number of aliphatic hydroxyl groups is 1. The van der Waals surface area contributed by atoms with Gasteiger partial charge in [-0.3, -0.25) is 9.59 Å². The quantitative estimate of drug-likeness (QED) is 0.537. The molecule has 3 aromatic rings. The minimum Gasteiger partial charge on any atom is -0.391 e. The van der Waals surface area contributed by atoms with Crippen LogP contribution in [0.1, 0.15) is 55.8 Å². The van der Waals surface area contributed by atoms with Crippen LogP contribution in [0.15, 0.2) is 40.4 Å². The molecule has 1 aromatic carbocycles. The van der Waals surface area contributed by atoms with E-state index < -0.39 is 23.5 Å². The summed E-state index contributed by atoms with van der Waals surface area (Å²) < 4.78 is 5.44. The Morgan fingerprint density at radius 2 is 1.97 bits per heavy atom. The molecule has 3 heterocycles. The number of β-amino-alcohol motifs (C(OH)–C–C–N with tert-alkyl or cyclic N) is 1. The molecule has 3 unspecified atom stereocenters. The van der Waals surface area contributed by atoms with Crippen molar-refractivity contribution in [2.45, 2.75) is 65.6 Å². The zero-order chi connectivity index (χ0) is 25.3. The Morgan fingerprint density at radius 3 is 2.54 bits per heavy atom. The van der Waals surface area contributed by atoms with E-state index in [0.717, 1.165) is 21.7 Å². The number of aliphatic hydroxyl groups excluding tert-OH is 1. The van der Waals surface area contributed by atoms with Gasteiger partial charge >= 0.3 is 0 Å². The Balaban J connectivity index is 1.46. The summed E-state index contributed by atoms with van der Waals surface area (Å²) in [6.45, 7) is 10.1. The van der Waals surface area contributed by atoms with E-state index in [2.05, 4.69) is 15.5 Å². The highest BCUT2D eigenvalue weighted by Crippen LogP contribution is 2.38. The molecule has 2 N–H and O–H groups in total. The molecule has 8 nitrogen and oxygen atoms in total. The Labute approximate surface area is 209 Å². The molecule has 1 aliphatic heterocycles. The van der Waals surface area contributed by atoms with Gasteiger partial charge < -0.3 is 19.8 Å². The lowest BCUT2D eigenvalue weighted by Crippen LogP contribution is -2.49. The molecule has 0 saturated carbocycles. The Hall–Kier alpha value is -3.04. The van der Waals surface area contributed by atoms with Crippen LogP contribution in [0.5, 0.6) is 0 Å². The molecule has 35 heavy (non-hydrogen) atoms. The molecular weight excluding hydrogens is 464 g/mol. The second-order valence-corrected chi connectivity index (χ2v) is 11.1. The van der Waals surface area contributed by atoms with Crippen LogP contribution in [-0.4, -0.2) is 50.7 Å². The van der Waals surface area contributed by atoms with E-state index in [0.29, 0.717) is 18.0 Å². The zero-order valence-corrected chi connectivity index (χ0v) is 21.6. The van der Waals surface area contributed by atoms with E-state index in [4.69, 9.17) is 4.52 Å². The number of rotatable bonds is 6. The number of amides is 2. The van der Waals surface area contributed by atoms with Crippen molar-refractivity contribution in [2.24, 2.45) is 5.41 Å². The van der Waals surface area contributed by atoms with Crippen molar-refractivity contribution >= 4 is 23.2 Å². The summed E-state index contributed by atoms with van der Waals surface area (Å²) in [5.74, 6) is -0.669. The van der Waals surface area contributed by atoms with Crippen LogP contribution in [0.25, 0.3) is 10.4 Å². The van der Waals surface area contributed by atoms with Gasteiger partial charge in [-0.2, -0.15) is 0 Å². The van der Waals surface area contributed by atoms with Crippen LogP contribution in [0.3, 0.4) is 0 Å². The molecule has 2 aromatic heterocycles. The summed E-state index contributed by atoms with van der Waals surface area (Å²) >= 11 is 1.60. The molecule has 1 fully saturated rings. The van der Waals surface area contributed by atoms with E-state index in [9.17, 15) is 14.7 Å². The average Bonchev–Trinajstić information content (AvgIpc) is 3.51. The van der Waals surface area contributed by atoms with Crippen LogP contribution in [0.4, 0.5) is 0 Å². The van der Waals surface area contributed by atoms with Crippen LogP contribution in [-0.2, 0) is 16.1 Å². The predicted molar refractivity (Wildman–Crippen MR) is 134 cm³/mol. The fraction of sp³-hybridized carbons (Fsp3) is 0.462. The molecule has 0 bridgehead atoms. The van der Waals surface area contributed by atoms with Gasteiger partial charge in [0.15, 0.2) is 0 Å². The summed E-state index contributed by atoms with van der Waals surface area (Å²) in [5, 5.41) is 17.2. The first-order valence-electron chi connectivity index (χ1n) is 11.7. The van der Waals surface area contributed by atoms with Crippen molar-refractivity contribution in [3.05, 3.63) is 58.6 Å². The monoisotopic (exact) mass is 496 g/mol. The lowest BCUT2D eigenvalue weighted by molar-refractivity contribution is -0.142.